The molecule has 0 radical (unpaired) electrons. The molecule has 166 valence electrons. The fourth-order valence-electron chi connectivity index (χ4n) is 3.28. The molecule has 3 heterocycles. The van der Waals surface area contributed by atoms with E-state index in [1.807, 2.05) is 5.32 Å². The number of alkyl halides is 6. The van der Waals surface area contributed by atoms with E-state index in [0.29, 0.717) is 18.9 Å². The van der Waals surface area contributed by atoms with Crippen molar-refractivity contribution in [1.29, 1.82) is 0 Å². The number of hydrogen-bond donors (Lipinski definition) is 3. The van der Waals surface area contributed by atoms with Crippen molar-refractivity contribution in [3.8, 4) is 11.3 Å². The lowest BCUT2D eigenvalue weighted by Crippen LogP contribution is -2.34. The van der Waals surface area contributed by atoms with Gasteiger partial charge in [-0.2, -0.15) is 26.3 Å². The van der Waals surface area contributed by atoms with Gasteiger partial charge >= 0.3 is 18.4 Å². The lowest BCUT2D eigenvalue weighted by Gasteiger charge is -2.29. The molecule has 1 saturated carbocycles. The van der Waals surface area contributed by atoms with Gasteiger partial charge in [-0.3, -0.25) is 5.32 Å². The number of nitrogens with two attached hydrogens (primary N) is 1. The molecule has 1 atom stereocenters. The van der Waals surface area contributed by atoms with Crippen LogP contribution in [0.15, 0.2) is 24.4 Å². The van der Waals surface area contributed by atoms with Gasteiger partial charge in [0.25, 0.3) is 0 Å². The molecule has 0 bridgehead atoms. The predicted octanol–water partition coefficient (Wildman–Crippen LogP) is 4.23. The number of ether oxygens (including phenoxy) is 1. The zero-order chi connectivity index (χ0) is 22.6. The van der Waals surface area contributed by atoms with E-state index in [-0.39, 0.29) is 17.9 Å². The normalized spacial score (nSPS) is 19.8. The number of rotatable bonds is 4. The first-order valence-electron chi connectivity index (χ1n) is 9.03. The number of fused-ring (bicyclic) bond motifs is 1. The molecule has 7 nitrogen and oxygen atoms in total. The predicted molar refractivity (Wildman–Crippen MR) is 96.0 cm³/mol. The van der Waals surface area contributed by atoms with E-state index >= 15 is 0 Å². The van der Waals surface area contributed by atoms with E-state index in [2.05, 4.69) is 20.0 Å². The Bertz CT molecular complexity index is 1040. The largest absolute Gasteiger partial charge is 0.431 e. The minimum absolute atomic E-state index is 0.154. The maximum Gasteiger partial charge on any atom is 0.430 e. The second-order valence-electron chi connectivity index (χ2n) is 7.31. The van der Waals surface area contributed by atoms with Gasteiger partial charge in [0.15, 0.2) is 0 Å². The summed E-state index contributed by atoms with van der Waals surface area (Å²) in [6, 6.07) is 2.49. The molecular formula is C18H15F6N5O2. The van der Waals surface area contributed by atoms with Crippen LogP contribution < -0.4 is 16.4 Å². The third kappa shape index (κ3) is 4.09. The number of hydrogen-bond acceptors (Lipinski definition) is 6. The number of pyridine rings is 2. The highest BCUT2D eigenvalue weighted by Crippen LogP contribution is 2.46. The molecule has 2 aliphatic rings. The van der Waals surface area contributed by atoms with Gasteiger partial charge in [-0.15, -0.1) is 0 Å². The van der Waals surface area contributed by atoms with Crippen LogP contribution in [0.25, 0.3) is 11.3 Å². The van der Waals surface area contributed by atoms with Crippen LogP contribution in [-0.4, -0.2) is 34.3 Å². The van der Waals surface area contributed by atoms with Crippen molar-refractivity contribution < 1.29 is 35.9 Å². The Morgan fingerprint density at radius 3 is 2.52 bits per heavy atom. The number of anilines is 2. The number of cyclic esters (lactones) is 1. The lowest BCUT2D eigenvalue weighted by molar-refractivity contribution is -0.206. The minimum Gasteiger partial charge on any atom is -0.431 e. The highest BCUT2D eigenvalue weighted by molar-refractivity contribution is 5.89. The van der Waals surface area contributed by atoms with Gasteiger partial charge in [0.2, 0.25) is 6.10 Å². The second kappa shape index (κ2) is 6.97. The third-order valence-corrected chi connectivity index (χ3v) is 5.06. The van der Waals surface area contributed by atoms with Crippen molar-refractivity contribution in [2.75, 3.05) is 17.2 Å². The molecule has 13 heteroatoms. The summed E-state index contributed by atoms with van der Waals surface area (Å²) in [5, 5.41) is 4.89. The van der Waals surface area contributed by atoms with Gasteiger partial charge in [0.1, 0.15) is 11.6 Å². The van der Waals surface area contributed by atoms with E-state index in [4.69, 9.17) is 5.73 Å². The van der Waals surface area contributed by atoms with E-state index in [1.54, 1.807) is 0 Å². The van der Waals surface area contributed by atoms with Crippen LogP contribution in [0, 0.1) is 0 Å². The van der Waals surface area contributed by atoms with Gasteiger partial charge in [0.05, 0.1) is 22.4 Å². The maximum atomic E-state index is 13.6. The maximum absolute atomic E-state index is 13.6. The number of nitrogens with zero attached hydrogens (tertiary/aromatic N) is 2. The summed E-state index contributed by atoms with van der Waals surface area (Å²) in [6.45, 7) is 0.154. The first-order chi connectivity index (χ1) is 14.4. The molecule has 0 aromatic carbocycles. The fourth-order valence-corrected chi connectivity index (χ4v) is 3.28. The number of carbonyl (C=O) groups excluding carboxylic acids is 1. The molecule has 0 saturated heterocycles. The first-order valence-corrected chi connectivity index (χ1v) is 9.03. The molecule has 1 aliphatic heterocycles. The summed E-state index contributed by atoms with van der Waals surface area (Å²) in [4.78, 5) is 19.3. The van der Waals surface area contributed by atoms with Crippen molar-refractivity contribution in [3.63, 3.8) is 0 Å². The Kier molecular flexibility index (Phi) is 4.76. The minimum atomic E-state index is -5.02. The van der Waals surface area contributed by atoms with Crippen LogP contribution in [0.3, 0.4) is 0 Å². The molecule has 4 rings (SSSR count). The molecule has 1 amide bonds. The van der Waals surface area contributed by atoms with Crippen LogP contribution in [0.2, 0.25) is 0 Å². The Morgan fingerprint density at radius 1 is 1.23 bits per heavy atom. The van der Waals surface area contributed by atoms with Crippen LogP contribution in [-0.2, 0) is 10.9 Å². The van der Waals surface area contributed by atoms with Crippen molar-refractivity contribution in [1.82, 2.24) is 9.97 Å². The number of nitrogens with one attached hydrogen (secondary N) is 2. The van der Waals surface area contributed by atoms with Gasteiger partial charge < -0.3 is 15.8 Å². The van der Waals surface area contributed by atoms with Gasteiger partial charge in [0, 0.05) is 18.3 Å². The second-order valence-corrected chi connectivity index (χ2v) is 7.31. The molecule has 2 aromatic rings. The van der Waals surface area contributed by atoms with Crippen molar-refractivity contribution in [3.05, 3.63) is 35.5 Å². The molecule has 31 heavy (non-hydrogen) atoms. The first kappa shape index (κ1) is 21.2. The van der Waals surface area contributed by atoms with Crippen LogP contribution in [0.5, 0.6) is 0 Å². The van der Waals surface area contributed by atoms with E-state index in [0.717, 1.165) is 18.3 Å². The Balaban J connectivity index is 1.88. The Hall–Kier alpha value is -3.09. The highest BCUT2D eigenvalue weighted by atomic mass is 19.4. The van der Waals surface area contributed by atoms with Gasteiger partial charge in [-0.25, -0.2) is 14.8 Å². The quantitative estimate of drug-likeness (QED) is 0.607. The van der Waals surface area contributed by atoms with Gasteiger partial charge in [-0.05, 0) is 31.0 Å². The summed E-state index contributed by atoms with van der Waals surface area (Å²) < 4.78 is 85.5. The smallest absolute Gasteiger partial charge is 0.430 e. The summed E-state index contributed by atoms with van der Waals surface area (Å²) in [5.74, 6) is -0.645. The van der Waals surface area contributed by atoms with Crippen molar-refractivity contribution >= 4 is 17.7 Å². The average molecular weight is 447 g/mol. The number of aromatic nitrogens is 2. The molecule has 0 unspecified atom stereocenters. The Morgan fingerprint density at radius 2 is 1.94 bits per heavy atom. The van der Waals surface area contributed by atoms with Crippen LogP contribution >= 0.6 is 0 Å². The molecule has 2 aromatic heterocycles. The van der Waals surface area contributed by atoms with E-state index in [9.17, 15) is 31.1 Å². The van der Waals surface area contributed by atoms with Crippen molar-refractivity contribution in [2.24, 2.45) is 5.73 Å². The molecular weight excluding hydrogens is 432 g/mol. The van der Waals surface area contributed by atoms with E-state index < -0.39 is 52.7 Å². The summed E-state index contributed by atoms with van der Waals surface area (Å²) >= 11 is 0. The fraction of sp³-hybridized carbons (Fsp3) is 0.389. The van der Waals surface area contributed by atoms with E-state index in [1.165, 1.54) is 0 Å². The summed E-state index contributed by atoms with van der Waals surface area (Å²) in [7, 11) is 0. The topological polar surface area (TPSA) is 102 Å². The number of halogens is 6. The zero-order valence-corrected chi connectivity index (χ0v) is 15.6. The SMILES string of the molecule is NCC1(Nc2cc(C(F)(F)F)cc(-c3ccnc4c3[C@H](C(F)(F)F)OC(=O)N4)n2)CC1. The lowest BCUT2D eigenvalue weighted by atomic mass is 9.98. The number of amides is 1. The summed E-state index contributed by atoms with van der Waals surface area (Å²) in [5.41, 5.74) is 2.62. The molecule has 4 N–H and O–H groups in total. The molecule has 0 spiro atoms. The van der Waals surface area contributed by atoms with Crippen LogP contribution in [0.1, 0.15) is 30.1 Å². The monoisotopic (exact) mass is 447 g/mol. The summed E-state index contributed by atoms with van der Waals surface area (Å²) in [6.07, 6.45) is -11.6. The number of carbonyl (C=O) groups is 1. The molecule has 1 aliphatic carbocycles. The molecule has 1 fully saturated rings. The average Bonchev–Trinajstić information content (AvgIpc) is 3.45. The standard InChI is InChI=1S/C18H15F6N5O2/c19-17(20,21)8-5-10(27-11(6-8)29-16(7-25)2-3-16)9-1-4-26-14-12(9)13(18(22,23)24)31-15(30)28-14/h1,4-6,13H,2-3,7,25H2,(H,27,29)(H,26,28,30)/t13-/m1/s1. The van der Waals surface area contributed by atoms with Crippen molar-refractivity contribution in [2.45, 2.75) is 36.8 Å². The van der Waals surface area contributed by atoms with Crippen LogP contribution in [0.4, 0.5) is 42.8 Å². The highest BCUT2D eigenvalue weighted by Gasteiger charge is 2.49. The Labute approximate surface area is 171 Å². The van der Waals surface area contributed by atoms with Gasteiger partial charge in [-0.1, -0.05) is 0 Å². The zero-order valence-electron chi connectivity index (χ0n) is 15.6. The third-order valence-electron chi connectivity index (χ3n) is 5.06.